The number of ether oxygens (including phenoxy) is 3. The van der Waals surface area contributed by atoms with Crippen molar-refractivity contribution in [2.75, 3.05) is 47.6 Å². The van der Waals surface area contributed by atoms with E-state index in [1.54, 1.807) is 26.2 Å². The number of carbonyl (C=O) groups is 1. The lowest BCUT2D eigenvalue weighted by Crippen LogP contribution is -2.37. The second-order valence-corrected chi connectivity index (χ2v) is 4.85. The van der Waals surface area contributed by atoms with Crippen LogP contribution in [0.4, 0.5) is 0 Å². The molecule has 0 aliphatic carbocycles. The molecule has 0 aliphatic rings. The molecule has 0 N–H and O–H groups in total. The molecule has 118 valence electrons. The van der Waals surface area contributed by atoms with E-state index in [9.17, 15) is 4.79 Å². The Morgan fingerprint density at radius 3 is 2.24 bits per heavy atom. The molecule has 0 saturated carbocycles. The quantitative estimate of drug-likeness (QED) is 0.695. The zero-order valence-corrected chi connectivity index (χ0v) is 13.3. The van der Waals surface area contributed by atoms with Crippen molar-refractivity contribution in [3.63, 3.8) is 0 Å². The van der Waals surface area contributed by atoms with Crippen molar-refractivity contribution in [3.05, 3.63) is 29.3 Å². The molecule has 0 radical (unpaired) electrons. The highest BCUT2D eigenvalue weighted by Gasteiger charge is 2.14. The molecular formula is C16H25NO4. The predicted molar refractivity (Wildman–Crippen MR) is 81.8 cm³/mol. The zero-order valence-electron chi connectivity index (χ0n) is 13.3. The summed E-state index contributed by atoms with van der Waals surface area (Å²) in [5, 5.41) is 0. The van der Waals surface area contributed by atoms with Crippen LogP contribution in [0.1, 0.15) is 11.1 Å². The zero-order chi connectivity index (χ0) is 15.7. The molecule has 1 aromatic rings. The molecule has 1 rings (SSSR count). The van der Waals surface area contributed by atoms with E-state index in [4.69, 9.17) is 14.2 Å². The lowest BCUT2D eigenvalue weighted by Gasteiger charge is -2.22. The Kier molecular flexibility index (Phi) is 7.79. The fourth-order valence-electron chi connectivity index (χ4n) is 2.02. The van der Waals surface area contributed by atoms with Gasteiger partial charge in [0.15, 0.2) is 0 Å². The van der Waals surface area contributed by atoms with Gasteiger partial charge in [-0.3, -0.25) is 4.79 Å². The van der Waals surface area contributed by atoms with E-state index in [-0.39, 0.29) is 5.91 Å². The molecule has 0 aliphatic heterocycles. The van der Waals surface area contributed by atoms with Gasteiger partial charge in [-0.15, -0.1) is 0 Å². The van der Waals surface area contributed by atoms with Gasteiger partial charge in [-0.25, -0.2) is 0 Å². The van der Waals surface area contributed by atoms with Crippen LogP contribution in [0.2, 0.25) is 0 Å². The first-order valence-corrected chi connectivity index (χ1v) is 7.01. The maximum atomic E-state index is 12.4. The Hall–Kier alpha value is -1.59. The molecule has 1 amide bonds. The first-order valence-electron chi connectivity index (χ1n) is 7.01. The second-order valence-electron chi connectivity index (χ2n) is 4.85. The number of rotatable bonds is 9. The highest BCUT2D eigenvalue weighted by atomic mass is 16.5. The molecule has 0 heterocycles. The summed E-state index contributed by atoms with van der Waals surface area (Å²) in [5.41, 5.74) is 2.01. The van der Waals surface area contributed by atoms with E-state index in [1.807, 2.05) is 25.1 Å². The summed E-state index contributed by atoms with van der Waals surface area (Å²) in [6, 6.07) is 5.84. The number of nitrogens with zero attached hydrogens (tertiary/aromatic N) is 1. The third-order valence-electron chi connectivity index (χ3n) is 3.31. The number of methoxy groups -OCH3 is 3. The first-order chi connectivity index (χ1) is 10.1. The topological polar surface area (TPSA) is 48.0 Å². The maximum Gasteiger partial charge on any atom is 0.227 e. The van der Waals surface area contributed by atoms with Gasteiger partial charge >= 0.3 is 0 Å². The van der Waals surface area contributed by atoms with Crippen LogP contribution in [-0.2, 0) is 20.7 Å². The van der Waals surface area contributed by atoms with Crippen molar-refractivity contribution in [2.45, 2.75) is 13.3 Å². The average molecular weight is 295 g/mol. The van der Waals surface area contributed by atoms with Crippen LogP contribution >= 0.6 is 0 Å². The van der Waals surface area contributed by atoms with Crippen molar-refractivity contribution >= 4 is 5.91 Å². The summed E-state index contributed by atoms with van der Waals surface area (Å²) in [7, 11) is 4.89. The van der Waals surface area contributed by atoms with Gasteiger partial charge in [0.2, 0.25) is 5.91 Å². The van der Waals surface area contributed by atoms with Crippen LogP contribution in [-0.4, -0.2) is 58.4 Å². The SMILES string of the molecule is COCCN(CCOC)C(=O)Cc1ccc(C)c(OC)c1. The Bertz CT molecular complexity index is 440. The second kappa shape index (κ2) is 9.37. The predicted octanol–water partition coefficient (Wildman–Crippen LogP) is 1.67. The molecule has 1 aromatic carbocycles. The number of aryl methyl sites for hydroxylation is 1. The molecule has 0 saturated heterocycles. The van der Waals surface area contributed by atoms with Gasteiger partial charge in [-0.1, -0.05) is 12.1 Å². The standard InChI is InChI=1S/C16H25NO4/c1-13-5-6-14(11-15(13)21-4)12-16(18)17(7-9-19-2)8-10-20-3/h5-6,11H,7-10,12H2,1-4H3. The van der Waals surface area contributed by atoms with Crippen LogP contribution in [0.3, 0.4) is 0 Å². The minimum atomic E-state index is 0.0648. The van der Waals surface area contributed by atoms with Gasteiger partial charge < -0.3 is 19.1 Å². The van der Waals surface area contributed by atoms with Crippen LogP contribution in [0, 0.1) is 6.92 Å². The Morgan fingerprint density at radius 2 is 1.71 bits per heavy atom. The number of benzene rings is 1. The Morgan fingerprint density at radius 1 is 1.10 bits per heavy atom. The first kappa shape index (κ1) is 17.5. The van der Waals surface area contributed by atoms with Crippen molar-refractivity contribution in [2.24, 2.45) is 0 Å². The van der Waals surface area contributed by atoms with Crippen LogP contribution in [0.15, 0.2) is 18.2 Å². The normalized spacial score (nSPS) is 10.5. The molecule has 0 fully saturated rings. The number of amides is 1. The van der Waals surface area contributed by atoms with E-state index in [1.165, 1.54) is 0 Å². The minimum Gasteiger partial charge on any atom is -0.496 e. The molecule has 5 nitrogen and oxygen atoms in total. The smallest absolute Gasteiger partial charge is 0.227 e. The molecule has 0 unspecified atom stereocenters. The summed E-state index contributed by atoms with van der Waals surface area (Å²) < 4.78 is 15.4. The van der Waals surface area contributed by atoms with E-state index in [2.05, 4.69) is 0 Å². The van der Waals surface area contributed by atoms with Gasteiger partial charge in [-0.2, -0.15) is 0 Å². The fraction of sp³-hybridized carbons (Fsp3) is 0.562. The number of carbonyl (C=O) groups excluding carboxylic acids is 1. The highest BCUT2D eigenvalue weighted by molar-refractivity contribution is 5.79. The summed E-state index contributed by atoms with van der Waals surface area (Å²) >= 11 is 0. The van der Waals surface area contributed by atoms with E-state index in [0.717, 1.165) is 16.9 Å². The van der Waals surface area contributed by atoms with Crippen molar-refractivity contribution in [1.82, 2.24) is 4.90 Å². The van der Waals surface area contributed by atoms with E-state index in [0.29, 0.717) is 32.7 Å². The lowest BCUT2D eigenvalue weighted by atomic mass is 10.1. The molecule has 0 spiro atoms. The molecular weight excluding hydrogens is 270 g/mol. The molecule has 0 bridgehead atoms. The third-order valence-corrected chi connectivity index (χ3v) is 3.31. The molecule has 5 heteroatoms. The van der Waals surface area contributed by atoms with Crippen molar-refractivity contribution in [3.8, 4) is 5.75 Å². The largest absolute Gasteiger partial charge is 0.496 e. The van der Waals surface area contributed by atoms with Gasteiger partial charge in [0.05, 0.1) is 26.7 Å². The van der Waals surface area contributed by atoms with E-state index >= 15 is 0 Å². The number of hydrogen-bond donors (Lipinski definition) is 0. The summed E-state index contributed by atoms with van der Waals surface area (Å²) in [5.74, 6) is 0.871. The van der Waals surface area contributed by atoms with Crippen molar-refractivity contribution < 1.29 is 19.0 Å². The summed E-state index contributed by atoms with van der Waals surface area (Å²) in [6.07, 6.45) is 0.351. The van der Waals surface area contributed by atoms with Gasteiger partial charge in [0.1, 0.15) is 5.75 Å². The minimum absolute atomic E-state index is 0.0648. The third kappa shape index (κ3) is 5.73. The Balaban J connectivity index is 2.70. The fourth-order valence-corrected chi connectivity index (χ4v) is 2.02. The maximum absolute atomic E-state index is 12.4. The van der Waals surface area contributed by atoms with Crippen LogP contribution < -0.4 is 4.74 Å². The van der Waals surface area contributed by atoms with Crippen LogP contribution in [0.5, 0.6) is 5.75 Å². The van der Waals surface area contributed by atoms with Crippen molar-refractivity contribution in [1.29, 1.82) is 0 Å². The molecule has 0 atom stereocenters. The average Bonchev–Trinajstić information content (AvgIpc) is 2.49. The molecule has 21 heavy (non-hydrogen) atoms. The summed E-state index contributed by atoms with van der Waals surface area (Å²) in [4.78, 5) is 14.1. The van der Waals surface area contributed by atoms with E-state index < -0.39 is 0 Å². The lowest BCUT2D eigenvalue weighted by molar-refractivity contribution is -0.131. The summed E-state index contributed by atoms with van der Waals surface area (Å²) in [6.45, 7) is 4.16. The van der Waals surface area contributed by atoms with Gasteiger partial charge in [0, 0.05) is 27.3 Å². The molecule has 0 aromatic heterocycles. The Labute approximate surface area is 126 Å². The van der Waals surface area contributed by atoms with Crippen LogP contribution in [0.25, 0.3) is 0 Å². The van der Waals surface area contributed by atoms with Gasteiger partial charge in [-0.05, 0) is 24.1 Å². The van der Waals surface area contributed by atoms with Gasteiger partial charge in [0.25, 0.3) is 0 Å². The monoisotopic (exact) mass is 295 g/mol. The highest BCUT2D eigenvalue weighted by Crippen LogP contribution is 2.19. The number of hydrogen-bond acceptors (Lipinski definition) is 4.